The summed E-state index contributed by atoms with van der Waals surface area (Å²) in [6.45, 7) is 4.74. The monoisotopic (exact) mass is 298 g/mol. The highest BCUT2D eigenvalue weighted by molar-refractivity contribution is 6.02. The summed E-state index contributed by atoms with van der Waals surface area (Å²) in [5.74, 6) is 0.857. The van der Waals surface area contributed by atoms with Crippen molar-refractivity contribution >= 4 is 5.84 Å². The molecule has 0 saturated heterocycles. The Kier molecular flexibility index (Phi) is 4.71. The lowest BCUT2D eigenvalue weighted by molar-refractivity contribution is 0.406. The van der Waals surface area contributed by atoms with Crippen LogP contribution in [0.3, 0.4) is 0 Å². The number of rotatable bonds is 5. The number of phenols is 1. The molecule has 0 aliphatic carbocycles. The second-order valence-electron chi connectivity index (χ2n) is 5.81. The first kappa shape index (κ1) is 15.9. The van der Waals surface area contributed by atoms with E-state index in [0.29, 0.717) is 17.9 Å². The molecule has 0 amide bonds. The van der Waals surface area contributed by atoms with Gasteiger partial charge in [0.2, 0.25) is 0 Å². The van der Waals surface area contributed by atoms with Gasteiger partial charge in [0.25, 0.3) is 0 Å². The zero-order valence-electron chi connectivity index (χ0n) is 13.2. The standard InChI is InChI=1S/C18H22N2O2/c1-18(2,13-8-5-4-6-9-13)12-20-17(19)16-14(21)10-7-11-15(16)22-3/h4-11,21H,12H2,1-3H3,(H2,19,20). The van der Waals surface area contributed by atoms with Gasteiger partial charge in [0, 0.05) is 5.41 Å². The molecule has 22 heavy (non-hydrogen) atoms. The van der Waals surface area contributed by atoms with E-state index in [1.54, 1.807) is 25.3 Å². The summed E-state index contributed by atoms with van der Waals surface area (Å²) in [5.41, 5.74) is 7.55. The maximum absolute atomic E-state index is 10.00. The van der Waals surface area contributed by atoms with Gasteiger partial charge in [0.1, 0.15) is 17.3 Å². The number of hydrogen-bond acceptors (Lipinski definition) is 3. The van der Waals surface area contributed by atoms with Gasteiger partial charge in [0.05, 0.1) is 19.2 Å². The number of aromatic hydroxyl groups is 1. The van der Waals surface area contributed by atoms with Crippen LogP contribution in [0.15, 0.2) is 53.5 Å². The number of aliphatic imine (C=N–C) groups is 1. The minimum atomic E-state index is -0.149. The molecule has 116 valence electrons. The summed E-state index contributed by atoms with van der Waals surface area (Å²) in [5, 5.41) is 10.00. The predicted molar refractivity (Wildman–Crippen MR) is 89.7 cm³/mol. The van der Waals surface area contributed by atoms with Crippen molar-refractivity contribution in [1.82, 2.24) is 0 Å². The molecule has 2 aromatic rings. The Bertz CT molecular complexity index is 664. The Labute approximate surface area is 131 Å². The molecule has 0 bridgehead atoms. The number of nitrogens with two attached hydrogens (primary N) is 1. The molecule has 2 rings (SSSR count). The van der Waals surface area contributed by atoms with E-state index >= 15 is 0 Å². The number of benzene rings is 2. The molecule has 0 atom stereocenters. The van der Waals surface area contributed by atoms with Crippen LogP contribution in [0.5, 0.6) is 11.5 Å². The fourth-order valence-corrected chi connectivity index (χ4v) is 2.29. The lowest BCUT2D eigenvalue weighted by atomic mass is 9.85. The first-order valence-electron chi connectivity index (χ1n) is 7.17. The first-order chi connectivity index (χ1) is 10.5. The molecule has 0 radical (unpaired) electrons. The molecule has 4 heteroatoms. The van der Waals surface area contributed by atoms with Crippen LogP contribution >= 0.6 is 0 Å². The summed E-state index contributed by atoms with van der Waals surface area (Å²) < 4.78 is 5.24. The van der Waals surface area contributed by atoms with E-state index in [4.69, 9.17) is 10.5 Å². The molecular weight excluding hydrogens is 276 g/mol. The van der Waals surface area contributed by atoms with Gasteiger partial charge >= 0.3 is 0 Å². The molecule has 4 nitrogen and oxygen atoms in total. The highest BCUT2D eigenvalue weighted by Gasteiger charge is 2.21. The molecule has 0 aromatic heterocycles. The van der Waals surface area contributed by atoms with E-state index in [1.807, 2.05) is 18.2 Å². The van der Waals surface area contributed by atoms with E-state index < -0.39 is 0 Å². The van der Waals surface area contributed by atoms with Gasteiger partial charge in [-0.2, -0.15) is 0 Å². The fourth-order valence-electron chi connectivity index (χ4n) is 2.29. The molecule has 0 heterocycles. The third-order valence-electron chi connectivity index (χ3n) is 3.68. The Hall–Kier alpha value is -2.49. The van der Waals surface area contributed by atoms with Gasteiger partial charge in [-0.25, -0.2) is 0 Å². The SMILES string of the molecule is COc1cccc(O)c1C(N)=NCC(C)(C)c1ccccc1. The van der Waals surface area contributed by atoms with Gasteiger partial charge in [-0.1, -0.05) is 50.2 Å². The number of methoxy groups -OCH3 is 1. The van der Waals surface area contributed by atoms with Gasteiger partial charge in [0.15, 0.2) is 0 Å². The largest absolute Gasteiger partial charge is 0.507 e. The smallest absolute Gasteiger partial charge is 0.133 e. The van der Waals surface area contributed by atoms with Gasteiger partial charge in [-0.15, -0.1) is 0 Å². The maximum Gasteiger partial charge on any atom is 0.133 e. The zero-order valence-corrected chi connectivity index (χ0v) is 13.2. The van der Waals surface area contributed by atoms with E-state index in [-0.39, 0.29) is 17.0 Å². The van der Waals surface area contributed by atoms with Crippen molar-refractivity contribution in [3.05, 3.63) is 59.7 Å². The minimum Gasteiger partial charge on any atom is -0.507 e. The van der Waals surface area contributed by atoms with Crippen LogP contribution in [0.2, 0.25) is 0 Å². The summed E-state index contributed by atoms with van der Waals surface area (Å²) in [6, 6.07) is 15.2. The number of ether oxygens (including phenoxy) is 1. The molecule has 2 aromatic carbocycles. The van der Waals surface area contributed by atoms with E-state index in [0.717, 1.165) is 0 Å². The third kappa shape index (κ3) is 3.39. The van der Waals surface area contributed by atoms with E-state index in [9.17, 15) is 5.11 Å². The topological polar surface area (TPSA) is 67.8 Å². The highest BCUT2D eigenvalue weighted by Crippen LogP contribution is 2.28. The van der Waals surface area contributed by atoms with Crippen LogP contribution in [-0.2, 0) is 5.41 Å². The lowest BCUT2D eigenvalue weighted by Gasteiger charge is -2.23. The van der Waals surface area contributed by atoms with E-state index in [1.165, 1.54) is 5.56 Å². The second kappa shape index (κ2) is 6.52. The number of hydrogen-bond donors (Lipinski definition) is 2. The van der Waals surface area contributed by atoms with Crippen molar-refractivity contribution in [1.29, 1.82) is 0 Å². The minimum absolute atomic E-state index is 0.0677. The fraction of sp³-hybridized carbons (Fsp3) is 0.278. The molecule has 0 aliphatic rings. The molecule has 0 aliphatic heterocycles. The zero-order chi connectivity index (χ0) is 16.2. The lowest BCUT2D eigenvalue weighted by Crippen LogP contribution is -2.24. The van der Waals surface area contributed by atoms with E-state index in [2.05, 4.69) is 31.0 Å². The van der Waals surface area contributed by atoms with Crippen LogP contribution in [0.25, 0.3) is 0 Å². The van der Waals surface area contributed by atoms with Crippen molar-refractivity contribution in [2.75, 3.05) is 13.7 Å². The normalized spacial score (nSPS) is 12.2. The molecular formula is C18H22N2O2. The average molecular weight is 298 g/mol. The van der Waals surface area contributed by atoms with Crippen molar-refractivity contribution in [2.24, 2.45) is 10.7 Å². The molecule has 0 saturated carbocycles. The van der Waals surface area contributed by atoms with Gasteiger partial charge < -0.3 is 15.6 Å². The van der Waals surface area contributed by atoms with Gasteiger partial charge in [-0.3, -0.25) is 4.99 Å². The average Bonchev–Trinajstić information content (AvgIpc) is 2.53. The number of phenolic OH excluding ortho intramolecular Hbond substituents is 1. The summed E-state index contributed by atoms with van der Waals surface area (Å²) >= 11 is 0. The Morgan fingerprint density at radius 1 is 1.14 bits per heavy atom. The van der Waals surface area contributed by atoms with Crippen molar-refractivity contribution in [2.45, 2.75) is 19.3 Å². The molecule has 0 fully saturated rings. The highest BCUT2D eigenvalue weighted by atomic mass is 16.5. The Morgan fingerprint density at radius 3 is 2.45 bits per heavy atom. The summed E-state index contributed by atoms with van der Waals surface area (Å²) in [4.78, 5) is 4.47. The van der Waals surface area contributed by atoms with Crippen LogP contribution in [-0.4, -0.2) is 24.6 Å². The molecule has 0 unspecified atom stereocenters. The number of amidine groups is 1. The third-order valence-corrected chi connectivity index (χ3v) is 3.68. The summed E-state index contributed by atoms with van der Waals surface area (Å²) in [6.07, 6.45) is 0. The van der Waals surface area contributed by atoms with Crippen LogP contribution in [0, 0.1) is 0 Å². The van der Waals surface area contributed by atoms with Crippen LogP contribution < -0.4 is 10.5 Å². The predicted octanol–water partition coefficient (Wildman–Crippen LogP) is 3.08. The second-order valence-corrected chi connectivity index (χ2v) is 5.81. The first-order valence-corrected chi connectivity index (χ1v) is 7.17. The quantitative estimate of drug-likeness (QED) is 0.658. The van der Waals surface area contributed by atoms with Crippen LogP contribution in [0.4, 0.5) is 0 Å². The Morgan fingerprint density at radius 2 is 1.82 bits per heavy atom. The maximum atomic E-state index is 10.00. The molecule has 3 N–H and O–H groups in total. The molecule has 0 spiro atoms. The number of nitrogens with zero attached hydrogens (tertiary/aromatic N) is 1. The summed E-state index contributed by atoms with van der Waals surface area (Å²) in [7, 11) is 1.54. The van der Waals surface area contributed by atoms with Crippen LogP contribution in [0.1, 0.15) is 25.0 Å². The van der Waals surface area contributed by atoms with Gasteiger partial charge in [-0.05, 0) is 17.7 Å². The van der Waals surface area contributed by atoms with Crippen molar-refractivity contribution in [3.8, 4) is 11.5 Å². The Balaban J connectivity index is 2.27. The van der Waals surface area contributed by atoms with Crippen molar-refractivity contribution in [3.63, 3.8) is 0 Å². The van der Waals surface area contributed by atoms with Crippen molar-refractivity contribution < 1.29 is 9.84 Å².